The lowest BCUT2D eigenvalue weighted by atomic mass is 10.1. The van der Waals surface area contributed by atoms with E-state index in [1.54, 1.807) is 14.2 Å². The lowest BCUT2D eigenvalue weighted by molar-refractivity contribution is 0.394. The molecule has 1 N–H and O–H groups in total. The second-order valence-corrected chi connectivity index (χ2v) is 4.87. The van der Waals surface area contributed by atoms with Crippen molar-refractivity contribution in [2.45, 2.75) is 25.8 Å². The summed E-state index contributed by atoms with van der Waals surface area (Å²) in [5.41, 5.74) is 1.15. The molecule has 1 saturated heterocycles. The largest absolute Gasteiger partial charge is 0.497 e. The van der Waals surface area contributed by atoms with Crippen molar-refractivity contribution < 1.29 is 9.47 Å². The Hall–Kier alpha value is -1.42. The smallest absolute Gasteiger partial charge is 0.145 e. The Bertz CT molecular complexity index is 409. The van der Waals surface area contributed by atoms with Gasteiger partial charge in [0.15, 0.2) is 0 Å². The van der Waals surface area contributed by atoms with Gasteiger partial charge in [0.1, 0.15) is 11.5 Å². The quantitative estimate of drug-likeness (QED) is 0.904. The molecule has 19 heavy (non-hydrogen) atoms. The molecular weight excluding hydrogens is 240 g/mol. The van der Waals surface area contributed by atoms with Gasteiger partial charge in [0.25, 0.3) is 0 Å². The van der Waals surface area contributed by atoms with E-state index in [0.717, 1.165) is 36.8 Å². The van der Waals surface area contributed by atoms with Crippen LogP contribution in [0.3, 0.4) is 0 Å². The molecule has 0 aliphatic carbocycles. The van der Waals surface area contributed by atoms with E-state index in [4.69, 9.17) is 9.47 Å². The molecule has 1 fully saturated rings. The van der Waals surface area contributed by atoms with E-state index in [1.165, 1.54) is 12.8 Å². The average molecular weight is 264 g/mol. The summed E-state index contributed by atoms with van der Waals surface area (Å²) >= 11 is 0. The van der Waals surface area contributed by atoms with Crippen LogP contribution in [0.25, 0.3) is 0 Å². The van der Waals surface area contributed by atoms with Gasteiger partial charge in [-0.1, -0.05) is 6.92 Å². The molecule has 4 heteroatoms. The van der Waals surface area contributed by atoms with E-state index >= 15 is 0 Å². The van der Waals surface area contributed by atoms with Crippen molar-refractivity contribution in [3.05, 3.63) is 18.2 Å². The second kappa shape index (κ2) is 6.66. The van der Waals surface area contributed by atoms with Gasteiger partial charge in [-0.15, -0.1) is 0 Å². The van der Waals surface area contributed by atoms with Crippen LogP contribution in [0.1, 0.15) is 19.8 Å². The molecule has 1 unspecified atom stereocenters. The van der Waals surface area contributed by atoms with Crippen LogP contribution in [0, 0.1) is 0 Å². The van der Waals surface area contributed by atoms with Gasteiger partial charge in [0.05, 0.1) is 19.9 Å². The first-order valence-electron chi connectivity index (χ1n) is 6.98. The van der Waals surface area contributed by atoms with Gasteiger partial charge < -0.3 is 19.7 Å². The molecule has 1 aromatic carbocycles. The highest BCUT2D eigenvalue weighted by Gasteiger charge is 2.18. The Morgan fingerprint density at radius 3 is 2.79 bits per heavy atom. The lowest BCUT2D eigenvalue weighted by Crippen LogP contribution is -2.30. The molecule has 0 radical (unpaired) electrons. The molecule has 1 aliphatic heterocycles. The second-order valence-electron chi connectivity index (χ2n) is 4.87. The first-order valence-corrected chi connectivity index (χ1v) is 6.98. The number of nitrogens with one attached hydrogen (secondary N) is 1. The molecule has 0 bridgehead atoms. The minimum atomic E-state index is 0.634. The molecule has 0 spiro atoms. The lowest BCUT2D eigenvalue weighted by Gasteiger charge is -2.24. The van der Waals surface area contributed by atoms with Crippen LogP contribution in [-0.4, -0.2) is 39.9 Å². The maximum atomic E-state index is 5.49. The summed E-state index contributed by atoms with van der Waals surface area (Å²) < 4.78 is 10.7. The predicted octanol–water partition coefficient (Wildman–Crippen LogP) is 2.28. The van der Waals surface area contributed by atoms with Crippen LogP contribution in [0.5, 0.6) is 11.5 Å². The summed E-state index contributed by atoms with van der Waals surface area (Å²) in [4.78, 5) is 2.39. The van der Waals surface area contributed by atoms with Gasteiger partial charge >= 0.3 is 0 Å². The van der Waals surface area contributed by atoms with Crippen molar-refractivity contribution in [1.29, 1.82) is 0 Å². The zero-order valence-electron chi connectivity index (χ0n) is 12.1. The summed E-state index contributed by atoms with van der Waals surface area (Å²) in [7, 11) is 3.39. The molecule has 1 aliphatic rings. The van der Waals surface area contributed by atoms with E-state index in [1.807, 2.05) is 12.1 Å². The van der Waals surface area contributed by atoms with Gasteiger partial charge in [-0.05, 0) is 25.0 Å². The maximum Gasteiger partial charge on any atom is 0.145 e. The van der Waals surface area contributed by atoms with Crippen LogP contribution in [0.15, 0.2) is 18.2 Å². The zero-order valence-corrected chi connectivity index (χ0v) is 12.1. The summed E-state index contributed by atoms with van der Waals surface area (Å²) in [5, 5.41) is 3.58. The van der Waals surface area contributed by atoms with Crippen molar-refractivity contribution in [2.24, 2.45) is 0 Å². The van der Waals surface area contributed by atoms with E-state index in [9.17, 15) is 0 Å². The van der Waals surface area contributed by atoms with Gasteiger partial charge in [0.2, 0.25) is 0 Å². The standard InChI is InChI=1S/C15H24N2O2/c1-4-12-7-9-17(10-8-16-12)14-6-5-13(18-2)11-15(14)19-3/h5-6,11-12,16H,4,7-10H2,1-3H3. The normalized spacial score (nSPS) is 19.9. The Labute approximate surface area is 115 Å². The molecule has 0 aromatic heterocycles. The number of ether oxygens (including phenoxy) is 2. The number of hydrogen-bond acceptors (Lipinski definition) is 4. The summed E-state index contributed by atoms with van der Waals surface area (Å²) in [6, 6.07) is 6.66. The van der Waals surface area contributed by atoms with Crippen molar-refractivity contribution in [1.82, 2.24) is 5.32 Å². The zero-order chi connectivity index (χ0) is 13.7. The maximum absolute atomic E-state index is 5.49. The van der Waals surface area contributed by atoms with Gasteiger partial charge in [0, 0.05) is 31.7 Å². The van der Waals surface area contributed by atoms with Crippen LogP contribution in [0.4, 0.5) is 5.69 Å². The average Bonchev–Trinajstić information content (AvgIpc) is 2.71. The minimum Gasteiger partial charge on any atom is -0.497 e. The summed E-state index contributed by atoms with van der Waals surface area (Å²) in [6.07, 6.45) is 2.36. The molecule has 0 amide bonds. The number of rotatable bonds is 4. The molecule has 1 aromatic rings. The van der Waals surface area contributed by atoms with Crippen LogP contribution >= 0.6 is 0 Å². The van der Waals surface area contributed by atoms with Crippen molar-refractivity contribution >= 4 is 5.69 Å². The fourth-order valence-corrected chi connectivity index (χ4v) is 2.56. The fourth-order valence-electron chi connectivity index (χ4n) is 2.56. The molecule has 106 valence electrons. The SMILES string of the molecule is CCC1CCN(c2ccc(OC)cc2OC)CCN1. The monoisotopic (exact) mass is 264 g/mol. The van der Waals surface area contributed by atoms with Gasteiger partial charge in [-0.25, -0.2) is 0 Å². The highest BCUT2D eigenvalue weighted by atomic mass is 16.5. The van der Waals surface area contributed by atoms with Gasteiger partial charge in [-0.2, -0.15) is 0 Å². The first kappa shape index (κ1) is 14.0. The van der Waals surface area contributed by atoms with Crippen molar-refractivity contribution in [3.8, 4) is 11.5 Å². The summed E-state index contributed by atoms with van der Waals surface area (Å²) in [6.45, 7) is 5.34. The highest BCUT2D eigenvalue weighted by Crippen LogP contribution is 2.32. The molecular formula is C15H24N2O2. The van der Waals surface area contributed by atoms with Crippen molar-refractivity contribution in [2.75, 3.05) is 38.8 Å². The van der Waals surface area contributed by atoms with E-state index < -0.39 is 0 Å². The highest BCUT2D eigenvalue weighted by molar-refractivity contribution is 5.61. The molecule has 2 rings (SSSR count). The number of methoxy groups -OCH3 is 2. The third-order valence-corrected chi connectivity index (χ3v) is 3.78. The third-order valence-electron chi connectivity index (χ3n) is 3.78. The predicted molar refractivity (Wildman–Crippen MR) is 78.5 cm³/mol. The summed E-state index contributed by atoms with van der Waals surface area (Å²) in [5.74, 6) is 1.72. The van der Waals surface area contributed by atoms with Crippen molar-refractivity contribution in [3.63, 3.8) is 0 Å². The first-order chi connectivity index (χ1) is 9.28. The number of hydrogen-bond donors (Lipinski definition) is 1. The Balaban J connectivity index is 2.16. The Morgan fingerprint density at radius 1 is 1.26 bits per heavy atom. The minimum absolute atomic E-state index is 0.634. The molecule has 0 saturated carbocycles. The number of anilines is 1. The van der Waals surface area contributed by atoms with E-state index in [2.05, 4.69) is 23.2 Å². The molecule has 1 heterocycles. The Kier molecular flexibility index (Phi) is 4.91. The van der Waals surface area contributed by atoms with Crippen LogP contribution in [-0.2, 0) is 0 Å². The van der Waals surface area contributed by atoms with Crippen LogP contribution < -0.4 is 19.7 Å². The molecule has 1 atom stereocenters. The fraction of sp³-hybridized carbons (Fsp3) is 0.600. The van der Waals surface area contributed by atoms with E-state index in [-0.39, 0.29) is 0 Å². The third kappa shape index (κ3) is 3.32. The number of benzene rings is 1. The Morgan fingerprint density at radius 2 is 2.11 bits per heavy atom. The topological polar surface area (TPSA) is 33.7 Å². The van der Waals surface area contributed by atoms with Crippen LogP contribution in [0.2, 0.25) is 0 Å². The number of nitrogens with zero attached hydrogens (tertiary/aromatic N) is 1. The molecule has 4 nitrogen and oxygen atoms in total. The van der Waals surface area contributed by atoms with E-state index in [0.29, 0.717) is 6.04 Å². The van der Waals surface area contributed by atoms with Gasteiger partial charge in [-0.3, -0.25) is 0 Å².